The number of benzene rings is 9. The van der Waals surface area contributed by atoms with Gasteiger partial charge in [0.05, 0.1) is 11.4 Å². The van der Waals surface area contributed by atoms with Crippen LogP contribution in [-0.2, 0) is 0 Å². The van der Waals surface area contributed by atoms with Crippen LogP contribution in [0.4, 0.5) is 0 Å². The maximum atomic E-state index is 6.70. The van der Waals surface area contributed by atoms with Crippen molar-refractivity contribution >= 4 is 82.7 Å². The Bertz CT molecular complexity index is 3660. The minimum absolute atomic E-state index is 0.673. The smallest absolute Gasteiger partial charge is 0.160 e. The van der Waals surface area contributed by atoms with E-state index < -0.39 is 0 Å². The van der Waals surface area contributed by atoms with Crippen LogP contribution in [0.2, 0.25) is 0 Å². The van der Waals surface area contributed by atoms with Crippen molar-refractivity contribution in [3.05, 3.63) is 210 Å². The molecule has 0 unspecified atom stereocenters. The van der Waals surface area contributed by atoms with Crippen molar-refractivity contribution in [3.8, 4) is 22.3 Å². The van der Waals surface area contributed by atoms with E-state index in [0.717, 1.165) is 118 Å². The topological polar surface area (TPSA) is 51.0 Å². The minimum atomic E-state index is 0.673. The molecule has 0 bridgehead atoms. The fraction of sp³-hybridized carbons (Fsp3) is 0.0526. The summed E-state index contributed by atoms with van der Waals surface area (Å²) in [4.78, 5) is 11.2. The van der Waals surface area contributed by atoms with Crippen LogP contribution in [0.3, 0.4) is 0 Å². The van der Waals surface area contributed by atoms with Gasteiger partial charge in [0.15, 0.2) is 5.84 Å². The van der Waals surface area contributed by atoms with E-state index in [1.807, 2.05) is 18.2 Å². The van der Waals surface area contributed by atoms with Gasteiger partial charge < -0.3 is 8.83 Å². The minimum Gasteiger partial charge on any atom is -0.455 e. The Morgan fingerprint density at radius 3 is 1.85 bits per heavy atom. The monoisotopic (exact) mass is 782 g/mol. The predicted octanol–water partition coefficient (Wildman–Crippen LogP) is 15.6. The van der Waals surface area contributed by atoms with Gasteiger partial charge in [-0.1, -0.05) is 152 Å². The van der Waals surface area contributed by atoms with Gasteiger partial charge in [-0.2, -0.15) is 0 Å². The van der Waals surface area contributed by atoms with Crippen molar-refractivity contribution in [1.82, 2.24) is 0 Å². The molecule has 11 aromatic rings. The molecule has 0 aliphatic carbocycles. The van der Waals surface area contributed by atoms with Gasteiger partial charge in [-0.05, 0) is 106 Å². The van der Waals surface area contributed by atoms with Crippen LogP contribution < -0.4 is 0 Å². The summed E-state index contributed by atoms with van der Waals surface area (Å²) < 4.78 is 13.3. The third-order valence-corrected chi connectivity index (χ3v) is 12.4. The lowest BCUT2D eigenvalue weighted by Crippen LogP contribution is -2.11. The van der Waals surface area contributed by atoms with E-state index in [-0.39, 0.29) is 0 Å². The first-order valence-corrected chi connectivity index (χ1v) is 20.9. The summed E-state index contributed by atoms with van der Waals surface area (Å²) in [5.74, 6) is 0.673. The zero-order valence-electron chi connectivity index (χ0n) is 33.5. The summed E-state index contributed by atoms with van der Waals surface area (Å²) >= 11 is 0. The number of amidine groups is 1. The van der Waals surface area contributed by atoms with Crippen molar-refractivity contribution in [1.29, 1.82) is 0 Å². The molecule has 1 aliphatic rings. The number of aliphatic imine (C=N–C) groups is 2. The average molecular weight is 783 g/mol. The van der Waals surface area contributed by atoms with Gasteiger partial charge in [-0.25, -0.2) is 9.98 Å². The first-order chi connectivity index (χ1) is 30.2. The molecule has 4 nitrogen and oxygen atoms in total. The van der Waals surface area contributed by atoms with Gasteiger partial charge in [0.1, 0.15) is 22.3 Å². The Hall–Kier alpha value is -7.82. The van der Waals surface area contributed by atoms with E-state index >= 15 is 0 Å². The molecule has 0 spiro atoms. The summed E-state index contributed by atoms with van der Waals surface area (Å²) in [6.07, 6.45) is 1.57. The van der Waals surface area contributed by atoms with Crippen molar-refractivity contribution in [2.75, 3.05) is 0 Å². The molecule has 288 valence electrons. The van der Waals surface area contributed by atoms with E-state index in [1.165, 1.54) is 16.3 Å². The highest BCUT2D eigenvalue weighted by atomic mass is 16.3. The van der Waals surface area contributed by atoms with Crippen LogP contribution in [0.5, 0.6) is 0 Å². The Labute approximate surface area is 352 Å². The summed E-state index contributed by atoms with van der Waals surface area (Å²) in [5.41, 5.74) is 14.1. The van der Waals surface area contributed by atoms with Gasteiger partial charge in [0.25, 0.3) is 0 Å². The number of para-hydroxylation sites is 3. The molecule has 1 aliphatic heterocycles. The molecule has 0 N–H and O–H groups in total. The van der Waals surface area contributed by atoms with E-state index in [4.69, 9.17) is 18.8 Å². The van der Waals surface area contributed by atoms with Crippen LogP contribution in [0.25, 0.3) is 93.4 Å². The van der Waals surface area contributed by atoms with E-state index in [1.54, 1.807) is 0 Å². The quantitative estimate of drug-likeness (QED) is 0.175. The van der Waals surface area contributed by atoms with Crippen LogP contribution >= 0.6 is 0 Å². The lowest BCUT2D eigenvalue weighted by Gasteiger charge is -2.18. The molecule has 0 saturated heterocycles. The number of fused-ring (bicyclic) bond motifs is 8. The number of hydrogen-bond donors (Lipinski definition) is 0. The Morgan fingerprint density at radius 2 is 1.02 bits per heavy atom. The molecule has 0 fully saturated rings. The number of nitrogens with zero attached hydrogens (tertiary/aromatic N) is 2. The summed E-state index contributed by atoms with van der Waals surface area (Å²) in [7, 11) is 0. The summed E-state index contributed by atoms with van der Waals surface area (Å²) in [5, 5.41) is 8.98. The normalized spacial score (nSPS) is 14.8. The van der Waals surface area contributed by atoms with Gasteiger partial charge in [-0.3, -0.25) is 0 Å². The summed E-state index contributed by atoms with van der Waals surface area (Å²) in [6.45, 7) is 2.21. The average Bonchev–Trinajstić information content (AvgIpc) is 3.90. The number of rotatable bonds is 5. The molecular formula is C57H38N2O2. The molecule has 4 heteroatoms. The molecule has 0 atom stereocenters. The second-order valence-corrected chi connectivity index (χ2v) is 16.0. The maximum absolute atomic E-state index is 6.70. The van der Waals surface area contributed by atoms with E-state index in [2.05, 4.69) is 177 Å². The van der Waals surface area contributed by atoms with E-state index in [0.29, 0.717) is 5.84 Å². The van der Waals surface area contributed by atoms with Crippen LogP contribution in [-0.4, -0.2) is 11.5 Å². The molecule has 3 heterocycles. The van der Waals surface area contributed by atoms with Crippen molar-refractivity contribution in [3.63, 3.8) is 0 Å². The fourth-order valence-electron chi connectivity index (χ4n) is 9.38. The first-order valence-electron chi connectivity index (χ1n) is 20.9. The number of hydrogen-bond acceptors (Lipinski definition) is 4. The zero-order chi connectivity index (χ0) is 40.4. The molecule has 0 amide bonds. The number of allylic oxidation sites excluding steroid dienone is 1. The molecule has 0 saturated carbocycles. The highest BCUT2D eigenvalue weighted by Gasteiger charge is 2.23. The molecule has 12 rings (SSSR count). The van der Waals surface area contributed by atoms with Crippen molar-refractivity contribution < 1.29 is 8.83 Å². The second-order valence-electron chi connectivity index (χ2n) is 16.0. The third kappa shape index (κ3) is 5.83. The molecular weight excluding hydrogens is 745 g/mol. The second kappa shape index (κ2) is 14.2. The van der Waals surface area contributed by atoms with Gasteiger partial charge in [-0.15, -0.1) is 0 Å². The zero-order valence-corrected chi connectivity index (χ0v) is 33.5. The van der Waals surface area contributed by atoms with Gasteiger partial charge in [0, 0.05) is 38.2 Å². The standard InChI is InChI=1S/C57H38N2O2/c1-35-26-33-50(39-28-27-36-14-5-6-17-38(36)34-39)58-57(59-54(35)49-23-13-22-46-44-20-9-11-24-51(44)60-55(46)49)47-32-30-43(41-18-7-8-19-42(41)47)45-31-29-40(37-15-3-2-4-16-37)56-53(45)48-21-10-12-25-52(48)61-56/h2-25,27-32,34H,26,33H2,1H3/b54-35-,58-50?,59-57?. The predicted molar refractivity (Wildman–Crippen MR) is 255 cm³/mol. The van der Waals surface area contributed by atoms with Crippen LogP contribution in [0, 0.1) is 0 Å². The molecule has 2 aromatic heterocycles. The highest BCUT2D eigenvalue weighted by molar-refractivity contribution is 6.23. The molecule has 9 aromatic carbocycles. The van der Waals surface area contributed by atoms with Crippen molar-refractivity contribution in [2.45, 2.75) is 19.8 Å². The van der Waals surface area contributed by atoms with Gasteiger partial charge in [0.2, 0.25) is 0 Å². The lowest BCUT2D eigenvalue weighted by molar-refractivity contribution is 0.667. The summed E-state index contributed by atoms with van der Waals surface area (Å²) in [6, 6.07) is 66.3. The van der Waals surface area contributed by atoms with Gasteiger partial charge >= 0.3 is 0 Å². The van der Waals surface area contributed by atoms with E-state index in [9.17, 15) is 0 Å². The molecule has 61 heavy (non-hydrogen) atoms. The SMILES string of the molecule is C/C1=C(\c2cccc3c2oc2ccccc23)N=C(c2ccc(-c3ccc(-c4ccccc4)c4oc5ccccc5c34)c3ccccc23)N=C(c2ccc3ccccc3c2)CC1. The number of furan rings is 2. The molecule has 0 radical (unpaired) electrons. The van der Waals surface area contributed by atoms with Crippen molar-refractivity contribution in [2.24, 2.45) is 9.98 Å². The largest absolute Gasteiger partial charge is 0.455 e. The maximum Gasteiger partial charge on any atom is 0.160 e. The van der Waals surface area contributed by atoms with Crippen LogP contribution in [0.15, 0.2) is 212 Å². The first kappa shape index (κ1) is 35.2. The lowest BCUT2D eigenvalue weighted by atomic mass is 9.90. The highest BCUT2D eigenvalue weighted by Crippen LogP contribution is 2.44. The van der Waals surface area contributed by atoms with Crippen LogP contribution in [0.1, 0.15) is 36.5 Å². The fourth-order valence-corrected chi connectivity index (χ4v) is 9.38. The Morgan fingerprint density at radius 1 is 0.393 bits per heavy atom. The Balaban J connectivity index is 1.10. The Kier molecular flexibility index (Phi) is 8.17. The third-order valence-electron chi connectivity index (χ3n) is 12.4.